The first-order chi connectivity index (χ1) is 9.79. The maximum atomic E-state index is 11.6. The smallest absolute Gasteiger partial charge is 0.357 e. The number of carbonyl (C=O) groups excluding carboxylic acids is 1. The molecule has 0 unspecified atom stereocenters. The van der Waals surface area contributed by atoms with Crippen LogP contribution in [0.4, 0.5) is 0 Å². The Bertz CT molecular complexity index is 603. The molecule has 0 radical (unpaired) electrons. The van der Waals surface area contributed by atoms with E-state index in [1.54, 1.807) is 42.5 Å². The molecule has 0 atom stereocenters. The number of hydrogen-bond acceptors (Lipinski definition) is 5. The van der Waals surface area contributed by atoms with Gasteiger partial charge in [-0.1, -0.05) is 6.07 Å². The molecule has 0 fully saturated rings. The molecule has 2 aromatic rings. The largest absolute Gasteiger partial charge is 0.490 e. The third kappa shape index (κ3) is 3.82. The van der Waals surface area contributed by atoms with Crippen LogP contribution in [0.25, 0.3) is 0 Å². The lowest BCUT2D eigenvalue weighted by molar-refractivity contribution is 0.0443. The zero-order valence-electron chi connectivity index (χ0n) is 10.7. The van der Waals surface area contributed by atoms with Crippen molar-refractivity contribution in [2.24, 2.45) is 0 Å². The molecule has 0 spiro atoms. The highest BCUT2D eigenvalue weighted by Crippen LogP contribution is 2.11. The first-order valence-corrected chi connectivity index (χ1v) is 6.01. The summed E-state index contributed by atoms with van der Waals surface area (Å²) in [4.78, 5) is 15.5. The predicted molar refractivity (Wildman–Crippen MR) is 71.2 cm³/mol. The lowest BCUT2D eigenvalue weighted by atomic mass is 10.2. The van der Waals surface area contributed by atoms with Gasteiger partial charge in [-0.2, -0.15) is 5.26 Å². The Hall–Kier alpha value is -2.87. The van der Waals surface area contributed by atoms with E-state index in [-0.39, 0.29) is 18.9 Å². The molecule has 2 rings (SSSR count). The zero-order valence-corrected chi connectivity index (χ0v) is 10.7. The number of rotatable bonds is 5. The van der Waals surface area contributed by atoms with Crippen molar-refractivity contribution in [3.8, 4) is 11.8 Å². The summed E-state index contributed by atoms with van der Waals surface area (Å²) in [5.41, 5.74) is 0.838. The van der Waals surface area contributed by atoms with E-state index in [0.717, 1.165) is 0 Å². The van der Waals surface area contributed by atoms with Crippen LogP contribution in [0.1, 0.15) is 16.1 Å². The molecule has 0 aliphatic carbocycles. The topological polar surface area (TPSA) is 72.2 Å². The van der Waals surface area contributed by atoms with Crippen LogP contribution in [-0.4, -0.2) is 24.2 Å². The molecule has 20 heavy (non-hydrogen) atoms. The summed E-state index contributed by atoms with van der Waals surface area (Å²) in [6.07, 6.45) is 1.53. The number of benzene rings is 1. The van der Waals surface area contributed by atoms with Crippen LogP contribution in [0.3, 0.4) is 0 Å². The molecule has 1 aromatic heterocycles. The number of hydrogen-bond donors (Lipinski definition) is 0. The highest BCUT2D eigenvalue weighted by Gasteiger charge is 2.07. The molecule has 0 aliphatic rings. The number of ether oxygens (including phenoxy) is 2. The maximum Gasteiger partial charge on any atom is 0.357 e. The summed E-state index contributed by atoms with van der Waals surface area (Å²) in [7, 11) is 0. The molecule has 0 saturated heterocycles. The molecule has 0 amide bonds. The highest BCUT2D eigenvalue weighted by atomic mass is 16.6. The van der Waals surface area contributed by atoms with Gasteiger partial charge in [-0.3, -0.25) is 0 Å². The second kappa shape index (κ2) is 6.90. The SMILES string of the molecule is N#Cc1ccc(OCCOC(=O)c2ccccn2)cc1. The second-order valence-corrected chi connectivity index (χ2v) is 3.84. The van der Waals surface area contributed by atoms with Gasteiger partial charge in [0.25, 0.3) is 0 Å². The van der Waals surface area contributed by atoms with Gasteiger partial charge in [0, 0.05) is 6.20 Å². The third-order valence-corrected chi connectivity index (χ3v) is 2.44. The summed E-state index contributed by atoms with van der Waals surface area (Å²) in [5, 5.41) is 8.66. The number of nitrogens with zero attached hydrogens (tertiary/aromatic N) is 2. The van der Waals surface area contributed by atoms with E-state index in [1.165, 1.54) is 6.20 Å². The van der Waals surface area contributed by atoms with E-state index in [1.807, 2.05) is 6.07 Å². The van der Waals surface area contributed by atoms with Crippen LogP contribution in [0, 0.1) is 11.3 Å². The fraction of sp³-hybridized carbons (Fsp3) is 0.133. The quantitative estimate of drug-likeness (QED) is 0.614. The normalized spacial score (nSPS) is 9.55. The monoisotopic (exact) mass is 268 g/mol. The minimum absolute atomic E-state index is 0.134. The molecule has 0 saturated carbocycles. The van der Waals surface area contributed by atoms with Crippen LogP contribution in [0.5, 0.6) is 5.75 Å². The summed E-state index contributed by atoms with van der Waals surface area (Å²) in [5.74, 6) is 0.145. The van der Waals surface area contributed by atoms with Crippen molar-refractivity contribution in [3.05, 3.63) is 59.9 Å². The van der Waals surface area contributed by atoms with Crippen LogP contribution in [0.2, 0.25) is 0 Å². The van der Waals surface area contributed by atoms with Crippen LogP contribution in [0.15, 0.2) is 48.7 Å². The van der Waals surface area contributed by atoms with Crippen molar-refractivity contribution >= 4 is 5.97 Å². The summed E-state index contributed by atoms with van der Waals surface area (Å²) in [6.45, 7) is 0.375. The molecule has 5 nitrogen and oxygen atoms in total. The van der Waals surface area contributed by atoms with E-state index >= 15 is 0 Å². The van der Waals surface area contributed by atoms with Gasteiger partial charge >= 0.3 is 5.97 Å². The van der Waals surface area contributed by atoms with Gasteiger partial charge in [-0.05, 0) is 36.4 Å². The molecule has 1 aromatic carbocycles. The standard InChI is InChI=1S/C15H12N2O3/c16-11-12-4-6-13(7-5-12)19-9-10-20-15(18)14-3-1-2-8-17-14/h1-8H,9-10H2. The van der Waals surface area contributed by atoms with Gasteiger partial charge in [-0.25, -0.2) is 9.78 Å². The van der Waals surface area contributed by atoms with E-state index in [0.29, 0.717) is 11.3 Å². The average Bonchev–Trinajstić information content (AvgIpc) is 2.53. The van der Waals surface area contributed by atoms with E-state index in [9.17, 15) is 4.79 Å². The molecule has 1 heterocycles. The van der Waals surface area contributed by atoms with Crippen LogP contribution >= 0.6 is 0 Å². The van der Waals surface area contributed by atoms with Crippen molar-refractivity contribution in [1.82, 2.24) is 4.98 Å². The van der Waals surface area contributed by atoms with Gasteiger partial charge < -0.3 is 9.47 Å². The van der Waals surface area contributed by atoms with Crippen LogP contribution < -0.4 is 4.74 Å². The molecule has 0 N–H and O–H groups in total. The Kier molecular flexibility index (Phi) is 4.68. The fourth-order valence-corrected chi connectivity index (χ4v) is 1.48. The second-order valence-electron chi connectivity index (χ2n) is 3.84. The van der Waals surface area contributed by atoms with Gasteiger partial charge in [0.15, 0.2) is 0 Å². The Balaban J connectivity index is 1.74. The molecule has 5 heteroatoms. The number of esters is 1. The van der Waals surface area contributed by atoms with Crippen LogP contribution in [-0.2, 0) is 4.74 Å². The van der Waals surface area contributed by atoms with E-state index in [4.69, 9.17) is 14.7 Å². The number of pyridine rings is 1. The molecule has 0 aliphatic heterocycles. The van der Waals surface area contributed by atoms with Gasteiger partial charge in [0.2, 0.25) is 0 Å². The average molecular weight is 268 g/mol. The highest BCUT2D eigenvalue weighted by molar-refractivity contribution is 5.87. The summed E-state index contributed by atoms with van der Waals surface area (Å²) >= 11 is 0. The third-order valence-electron chi connectivity index (χ3n) is 2.44. The minimum atomic E-state index is -0.478. The van der Waals surface area contributed by atoms with Crippen molar-refractivity contribution in [3.63, 3.8) is 0 Å². The van der Waals surface area contributed by atoms with E-state index in [2.05, 4.69) is 4.98 Å². The van der Waals surface area contributed by atoms with Crippen molar-refractivity contribution in [2.75, 3.05) is 13.2 Å². The fourth-order valence-electron chi connectivity index (χ4n) is 1.48. The molecule has 0 bridgehead atoms. The Morgan fingerprint density at radius 3 is 2.60 bits per heavy atom. The first kappa shape index (κ1) is 13.6. The Morgan fingerprint density at radius 2 is 1.95 bits per heavy atom. The van der Waals surface area contributed by atoms with Crippen molar-refractivity contribution in [2.45, 2.75) is 0 Å². The molecular weight excluding hydrogens is 256 g/mol. The van der Waals surface area contributed by atoms with Crippen molar-refractivity contribution in [1.29, 1.82) is 5.26 Å². The van der Waals surface area contributed by atoms with Gasteiger partial charge in [0.1, 0.15) is 24.7 Å². The van der Waals surface area contributed by atoms with Crippen molar-refractivity contribution < 1.29 is 14.3 Å². The first-order valence-electron chi connectivity index (χ1n) is 6.01. The lowest BCUT2D eigenvalue weighted by Gasteiger charge is -2.07. The minimum Gasteiger partial charge on any atom is -0.490 e. The number of nitriles is 1. The van der Waals surface area contributed by atoms with Gasteiger partial charge in [-0.15, -0.1) is 0 Å². The summed E-state index contributed by atoms with van der Waals surface area (Å²) in [6, 6.07) is 13.8. The zero-order chi connectivity index (χ0) is 14.2. The number of carbonyl (C=O) groups is 1. The van der Waals surface area contributed by atoms with E-state index < -0.39 is 5.97 Å². The Labute approximate surface area is 116 Å². The molecular formula is C15H12N2O3. The maximum absolute atomic E-state index is 11.6. The Morgan fingerprint density at radius 1 is 1.15 bits per heavy atom. The lowest BCUT2D eigenvalue weighted by Crippen LogP contribution is -2.13. The predicted octanol–water partition coefficient (Wildman–Crippen LogP) is 2.19. The number of aromatic nitrogens is 1. The van der Waals surface area contributed by atoms with Gasteiger partial charge in [0.05, 0.1) is 11.6 Å². The molecule has 100 valence electrons. The summed E-state index contributed by atoms with van der Waals surface area (Å²) < 4.78 is 10.4.